The largest absolute Gasteiger partial charge is 0.494 e. The third-order valence-electron chi connectivity index (χ3n) is 2.38. The van der Waals surface area contributed by atoms with Gasteiger partial charge >= 0.3 is 0 Å². The Balaban J connectivity index is 2.69. The monoisotopic (exact) mass is 233 g/mol. The van der Waals surface area contributed by atoms with Gasteiger partial charge in [0, 0.05) is 7.11 Å². The molecule has 3 nitrogen and oxygen atoms in total. The van der Waals surface area contributed by atoms with Crippen LogP contribution in [0, 0.1) is 12.3 Å². The number of ether oxygens (including phenoxy) is 2. The van der Waals surface area contributed by atoms with Crippen LogP contribution in [0.25, 0.3) is 0 Å². The summed E-state index contributed by atoms with van der Waals surface area (Å²) in [5.74, 6) is 3.45. The number of terminal acetylenes is 1. The van der Waals surface area contributed by atoms with Crippen molar-refractivity contribution in [2.24, 2.45) is 0 Å². The highest BCUT2D eigenvalue weighted by atomic mass is 16.5. The molecule has 0 aliphatic carbocycles. The summed E-state index contributed by atoms with van der Waals surface area (Å²) in [7, 11) is 1.68. The molecule has 92 valence electrons. The standard InChI is InChI=1S/C14H19NO2/c1-4-10-15-14(11-16-3)12-6-8-13(9-7-12)17-5-2/h1,6-9,14-15H,5,10-11H2,2-3H3/t14-/m0/s1. The van der Waals surface area contributed by atoms with Gasteiger partial charge in [0.2, 0.25) is 0 Å². The van der Waals surface area contributed by atoms with Gasteiger partial charge in [-0.3, -0.25) is 5.32 Å². The lowest BCUT2D eigenvalue weighted by atomic mass is 10.1. The predicted octanol–water partition coefficient (Wildman–Crippen LogP) is 2.00. The maximum atomic E-state index is 5.40. The van der Waals surface area contributed by atoms with E-state index >= 15 is 0 Å². The summed E-state index contributed by atoms with van der Waals surface area (Å²) in [5.41, 5.74) is 1.14. The second kappa shape index (κ2) is 7.72. The quantitative estimate of drug-likeness (QED) is 0.731. The summed E-state index contributed by atoms with van der Waals surface area (Å²) in [6.45, 7) is 3.77. The van der Waals surface area contributed by atoms with E-state index in [-0.39, 0.29) is 6.04 Å². The number of benzene rings is 1. The van der Waals surface area contributed by atoms with E-state index in [1.54, 1.807) is 7.11 Å². The van der Waals surface area contributed by atoms with E-state index in [2.05, 4.69) is 11.2 Å². The van der Waals surface area contributed by atoms with E-state index < -0.39 is 0 Å². The van der Waals surface area contributed by atoms with E-state index in [1.807, 2.05) is 31.2 Å². The van der Waals surface area contributed by atoms with E-state index in [0.29, 0.717) is 19.8 Å². The molecule has 0 saturated heterocycles. The molecule has 0 aliphatic heterocycles. The SMILES string of the molecule is C#CCN[C@@H](COC)c1ccc(OCC)cc1. The molecule has 0 saturated carbocycles. The molecule has 1 aromatic carbocycles. The smallest absolute Gasteiger partial charge is 0.119 e. The number of methoxy groups -OCH3 is 1. The Labute approximate surface area is 103 Å². The number of hydrogen-bond donors (Lipinski definition) is 1. The van der Waals surface area contributed by atoms with Crippen LogP contribution in [-0.4, -0.2) is 26.9 Å². The van der Waals surface area contributed by atoms with Gasteiger partial charge in [-0.2, -0.15) is 0 Å². The van der Waals surface area contributed by atoms with Gasteiger partial charge in [0.05, 0.1) is 25.8 Å². The highest BCUT2D eigenvalue weighted by Crippen LogP contribution is 2.18. The molecule has 1 N–H and O–H groups in total. The average molecular weight is 233 g/mol. The summed E-state index contributed by atoms with van der Waals surface area (Å²) in [5, 5.41) is 3.24. The lowest BCUT2D eigenvalue weighted by molar-refractivity contribution is 0.169. The van der Waals surface area contributed by atoms with Gasteiger partial charge in [-0.05, 0) is 24.6 Å². The van der Waals surface area contributed by atoms with Crippen molar-refractivity contribution < 1.29 is 9.47 Å². The Kier molecular flexibility index (Phi) is 6.16. The van der Waals surface area contributed by atoms with E-state index in [0.717, 1.165) is 11.3 Å². The van der Waals surface area contributed by atoms with Crippen LogP contribution < -0.4 is 10.1 Å². The minimum Gasteiger partial charge on any atom is -0.494 e. The topological polar surface area (TPSA) is 30.5 Å². The molecule has 17 heavy (non-hydrogen) atoms. The molecule has 3 heteroatoms. The normalized spacial score (nSPS) is 11.8. The summed E-state index contributed by atoms with van der Waals surface area (Å²) >= 11 is 0. The molecule has 0 amide bonds. The van der Waals surface area contributed by atoms with Gasteiger partial charge in [0.1, 0.15) is 5.75 Å². The summed E-state index contributed by atoms with van der Waals surface area (Å²) < 4.78 is 10.6. The van der Waals surface area contributed by atoms with Crippen LogP contribution in [0.3, 0.4) is 0 Å². The first kappa shape index (κ1) is 13.6. The lowest BCUT2D eigenvalue weighted by Crippen LogP contribution is -2.25. The van der Waals surface area contributed by atoms with Crippen LogP contribution in [0.5, 0.6) is 5.75 Å². The minimum atomic E-state index is 0.117. The highest BCUT2D eigenvalue weighted by molar-refractivity contribution is 5.29. The zero-order valence-electron chi connectivity index (χ0n) is 10.4. The van der Waals surface area contributed by atoms with Crippen molar-refractivity contribution in [2.75, 3.05) is 26.9 Å². The van der Waals surface area contributed by atoms with Crippen molar-refractivity contribution in [3.63, 3.8) is 0 Å². The van der Waals surface area contributed by atoms with Gasteiger partial charge in [-0.15, -0.1) is 6.42 Å². The van der Waals surface area contributed by atoms with Crippen LogP contribution in [-0.2, 0) is 4.74 Å². The zero-order chi connectivity index (χ0) is 12.5. The molecule has 0 heterocycles. The highest BCUT2D eigenvalue weighted by Gasteiger charge is 2.09. The Bertz CT molecular complexity index is 353. The number of hydrogen-bond acceptors (Lipinski definition) is 3. The first-order valence-corrected chi connectivity index (χ1v) is 5.70. The van der Waals surface area contributed by atoms with Gasteiger partial charge in [0.15, 0.2) is 0 Å². The molecular weight excluding hydrogens is 214 g/mol. The number of nitrogens with one attached hydrogen (secondary N) is 1. The first-order valence-electron chi connectivity index (χ1n) is 5.70. The molecule has 1 aromatic rings. The number of rotatable bonds is 7. The fourth-order valence-electron chi connectivity index (χ4n) is 1.58. The summed E-state index contributed by atoms with van der Waals surface area (Å²) in [4.78, 5) is 0. The Morgan fingerprint density at radius 3 is 2.59 bits per heavy atom. The van der Waals surface area contributed by atoms with E-state index in [4.69, 9.17) is 15.9 Å². The Morgan fingerprint density at radius 2 is 2.06 bits per heavy atom. The Morgan fingerprint density at radius 1 is 1.35 bits per heavy atom. The van der Waals surface area contributed by atoms with E-state index in [1.165, 1.54) is 0 Å². The molecule has 0 radical (unpaired) electrons. The van der Waals surface area contributed by atoms with Crippen molar-refractivity contribution in [2.45, 2.75) is 13.0 Å². The van der Waals surface area contributed by atoms with Gasteiger partial charge in [-0.25, -0.2) is 0 Å². The molecular formula is C14H19NO2. The van der Waals surface area contributed by atoms with Crippen molar-refractivity contribution in [1.29, 1.82) is 0 Å². The van der Waals surface area contributed by atoms with Gasteiger partial charge in [-0.1, -0.05) is 18.1 Å². The predicted molar refractivity (Wildman–Crippen MR) is 69.1 cm³/mol. The van der Waals surface area contributed by atoms with Crippen LogP contribution in [0.4, 0.5) is 0 Å². The third-order valence-corrected chi connectivity index (χ3v) is 2.38. The van der Waals surface area contributed by atoms with Crippen molar-refractivity contribution in [3.05, 3.63) is 29.8 Å². The van der Waals surface area contributed by atoms with Crippen molar-refractivity contribution in [3.8, 4) is 18.1 Å². The Hall–Kier alpha value is -1.50. The third kappa shape index (κ3) is 4.48. The van der Waals surface area contributed by atoms with Gasteiger partial charge < -0.3 is 9.47 Å². The summed E-state index contributed by atoms with van der Waals surface area (Å²) in [6.07, 6.45) is 5.24. The van der Waals surface area contributed by atoms with Crippen LogP contribution in [0.1, 0.15) is 18.5 Å². The lowest BCUT2D eigenvalue weighted by Gasteiger charge is -2.17. The molecule has 1 atom stereocenters. The minimum absolute atomic E-state index is 0.117. The van der Waals surface area contributed by atoms with E-state index in [9.17, 15) is 0 Å². The molecule has 0 bridgehead atoms. The maximum Gasteiger partial charge on any atom is 0.119 e. The van der Waals surface area contributed by atoms with Gasteiger partial charge in [0.25, 0.3) is 0 Å². The van der Waals surface area contributed by atoms with Crippen LogP contribution in [0.2, 0.25) is 0 Å². The zero-order valence-corrected chi connectivity index (χ0v) is 10.4. The molecule has 0 aromatic heterocycles. The summed E-state index contributed by atoms with van der Waals surface area (Å²) in [6, 6.07) is 8.08. The maximum absolute atomic E-state index is 5.40. The second-order valence-corrected chi connectivity index (χ2v) is 3.60. The molecule has 0 unspecified atom stereocenters. The first-order chi connectivity index (χ1) is 8.31. The molecule has 0 spiro atoms. The molecule has 0 fully saturated rings. The van der Waals surface area contributed by atoms with Crippen molar-refractivity contribution >= 4 is 0 Å². The fraction of sp³-hybridized carbons (Fsp3) is 0.429. The van der Waals surface area contributed by atoms with Crippen LogP contribution >= 0.6 is 0 Å². The molecule has 1 rings (SSSR count). The van der Waals surface area contributed by atoms with Crippen molar-refractivity contribution in [1.82, 2.24) is 5.32 Å². The average Bonchev–Trinajstić information content (AvgIpc) is 2.36. The van der Waals surface area contributed by atoms with Crippen LogP contribution in [0.15, 0.2) is 24.3 Å². The molecule has 0 aliphatic rings. The second-order valence-electron chi connectivity index (χ2n) is 3.60. The fourth-order valence-corrected chi connectivity index (χ4v) is 1.58.